The van der Waals surface area contributed by atoms with Crippen molar-refractivity contribution in [2.45, 2.75) is 63.1 Å². The van der Waals surface area contributed by atoms with Gasteiger partial charge in [0.1, 0.15) is 28.9 Å². The van der Waals surface area contributed by atoms with Crippen LogP contribution in [0.3, 0.4) is 0 Å². The van der Waals surface area contributed by atoms with Gasteiger partial charge < -0.3 is 14.4 Å². The van der Waals surface area contributed by atoms with E-state index in [0.29, 0.717) is 41.1 Å². The Balaban J connectivity index is 1.41. The molecule has 2 fully saturated rings. The average molecular weight is 550 g/mol. The summed E-state index contributed by atoms with van der Waals surface area (Å²) in [6, 6.07) is 5.43. The van der Waals surface area contributed by atoms with Crippen molar-refractivity contribution in [1.29, 1.82) is 0 Å². The monoisotopic (exact) mass is 549 g/mol. The van der Waals surface area contributed by atoms with E-state index in [4.69, 9.17) is 4.42 Å². The Hall–Kier alpha value is -3.18. The number of rotatable bonds is 8. The zero-order valence-corrected chi connectivity index (χ0v) is 21.7. The Morgan fingerprint density at radius 3 is 2.28 bits per heavy atom. The summed E-state index contributed by atoms with van der Waals surface area (Å²) < 4.78 is 62.0. The number of nitrogens with one attached hydrogen (secondary N) is 1. The number of fused-ring (bicyclic) bond motifs is 3. The van der Waals surface area contributed by atoms with Crippen molar-refractivity contribution in [1.82, 2.24) is 15.1 Å². The van der Waals surface area contributed by atoms with Gasteiger partial charge in [0.05, 0.1) is 0 Å². The second-order valence-corrected chi connectivity index (χ2v) is 11.1. The maximum absolute atomic E-state index is 14.1. The fourth-order valence-electron chi connectivity index (χ4n) is 5.30. The summed E-state index contributed by atoms with van der Waals surface area (Å²) in [5.41, 5.74) is -1.20. The lowest BCUT2D eigenvalue weighted by Gasteiger charge is -2.34. The Kier molecular flexibility index (Phi) is 7.09. The van der Waals surface area contributed by atoms with Crippen molar-refractivity contribution in [3.8, 4) is 0 Å². The first-order valence-corrected chi connectivity index (χ1v) is 13.0. The van der Waals surface area contributed by atoms with Gasteiger partial charge in [-0.25, -0.2) is 4.39 Å². The van der Waals surface area contributed by atoms with Gasteiger partial charge >= 0.3 is 12.1 Å². The van der Waals surface area contributed by atoms with Crippen LogP contribution in [0.15, 0.2) is 40.8 Å². The standard InChI is InChI=1S/C28H31F4N3O4/c1-27(2,29)15-21(26(37)38)33-24(28(30,31)32)16-3-7-19-20-13-17(4-8-22(20)39-23(19)14-16)25(36)35-11-9-34(10-12-35)18-5-6-18/h3-4,7-8,13-14,18,21,24,33H,5-6,9-12,15H2,1-2H3,(H,37,38)/t21?,24-/m0/s1. The minimum Gasteiger partial charge on any atom is -0.480 e. The van der Waals surface area contributed by atoms with Gasteiger partial charge in [-0.2, -0.15) is 13.2 Å². The van der Waals surface area contributed by atoms with Gasteiger partial charge in [-0.3, -0.25) is 19.8 Å². The van der Waals surface area contributed by atoms with E-state index in [9.17, 15) is 32.3 Å². The number of hydrogen-bond acceptors (Lipinski definition) is 5. The van der Waals surface area contributed by atoms with Crippen molar-refractivity contribution in [2.75, 3.05) is 26.2 Å². The predicted molar refractivity (Wildman–Crippen MR) is 137 cm³/mol. The maximum Gasteiger partial charge on any atom is 0.407 e. The Morgan fingerprint density at radius 1 is 1.00 bits per heavy atom. The van der Waals surface area contributed by atoms with E-state index >= 15 is 0 Å². The fraction of sp³-hybridized carbons (Fsp3) is 0.500. The van der Waals surface area contributed by atoms with Crippen LogP contribution in [0, 0.1) is 0 Å². The van der Waals surface area contributed by atoms with Gasteiger partial charge in [0.25, 0.3) is 5.91 Å². The molecule has 7 nitrogen and oxygen atoms in total. The van der Waals surface area contributed by atoms with Crippen LogP contribution in [0.1, 0.15) is 55.1 Å². The molecule has 0 spiro atoms. The van der Waals surface area contributed by atoms with Gasteiger partial charge in [0.15, 0.2) is 0 Å². The van der Waals surface area contributed by atoms with Crippen molar-refractivity contribution in [3.05, 3.63) is 47.5 Å². The first-order chi connectivity index (χ1) is 18.3. The van der Waals surface area contributed by atoms with E-state index in [1.54, 1.807) is 18.2 Å². The highest BCUT2D eigenvalue weighted by Crippen LogP contribution is 2.38. The minimum atomic E-state index is -4.85. The third kappa shape index (κ3) is 6.04. The molecule has 1 aromatic heterocycles. The van der Waals surface area contributed by atoms with Crippen molar-refractivity contribution in [3.63, 3.8) is 0 Å². The molecule has 2 atom stereocenters. The lowest BCUT2D eigenvalue weighted by Crippen LogP contribution is -2.49. The first-order valence-electron chi connectivity index (χ1n) is 13.0. The number of carbonyl (C=O) groups is 2. The summed E-state index contributed by atoms with van der Waals surface area (Å²) >= 11 is 0. The zero-order chi connectivity index (χ0) is 28.1. The highest BCUT2D eigenvalue weighted by atomic mass is 19.4. The smallest absolute Gasteiger partial charge is 0.407 e. The van der Waals surface area contributed by atoms with Crippen LogP contribution < -0.4 is 5.32 Å². The zero-order valence-electron chi connectivity index (χ0n) is 21.7. The molecule has 11 heteroatoms. The van der Waals surface area contributed by atoms with E-state index < -0.39 is 36.3 Å². The molecule has 2 aliphatic rings. The Bertz CT molecular complexity index is 1390. The molecular weight excluding hydrogens is 518 g/mol. The Morgan fingerprint density at radius 2 is 1.69 bits per heavy atom. The fourth-order valence-corrected chi connectivity index (χ4v) is 5.30. The molecule has 210 valence electrons. The van der Waals surface area contributed by atoms with Crippen LogP contribution >= 0.6 is 0 Å². The quantitative estimate of drug-likeness (QED) is 0.372. The number of amides is 1. The number of aliphatic carboxylic acids is 1. The van der Waals surface area contributed by atoms with Gasteiger partial charge in [-0.15, -0.1) is 0 Å². The summed E-state index contributed by atoms with van der Waals surface area (Å²) in [5, 5.41) is 12.6. The molecule has 1 aliphatic carbocycles. The number of carboxylic acids is 1. The third-order valence-corrected chi connectivity index (χ3v) is 7.42. The number of halogens is 4. The molecule has 3 aromatic rings. The maximum atomic E-state index is 14.1. The topological polar surface area (TPSA) is 86.0 Å². The normalized spacial score (nSPS) is 19.0. The first kappa shape index (κ1) is 27.4. The van der Waals surface area contributed by atoms with Gasteiger partial charge in [-0.1, -0.05) is 12.1 Å². The van der Waals surface area contributed by atoms with Crippen LogP contribution in [0.5, 0.6) is 0 Å². The number of hydrogen-bond donors (Lipinski definition) is 2. The second-order valence-electron chi connectivity index (χ2n) is 11.1. The predicted octanol–water partition coefficient (Wildman–Crippen LogP) is 5.29. The number of furan rings is 1. The highest BCUT2D eigenvalue weighted by molar-refractivity contribution is 6.08. The molecule has 0 radical (unpaired) electrons. The van der Waals surface area contributed by atoms with Crippen LogP contribution in [-0.4, -0.2) is 76.9 Å². The number of nitrogens with zero attached hydrogens (tertiary/aromatic N) is 2. The molecule has 1 saturated heterocycles. The number of carboxylic acid groups (broad SMARTS) is 1. The summed E-state index contributed by atoms with van der Waals surface area (Å²) in [6.07, 6.45) is -3.06. The number of carbonyl (C=O) groups excluding carboxylic acids is 1. The molecule has 2 heterocycles. The summed E-state index contributed by atoms with van der Waals surface area (Å²) in [5.74, 6) is -1.68. The third-order valence-electron chi connectivity index (χ3n) is 7.42. The molecule has 2 aromatic carbocycles. The highest BCUT2D eigenvalue weighted by Gasteiger charge is 2.44. The molecule has 1 unspecified atom stereocenters. The van der Waals surface area contributed by atoms with Crippen LogP contribution in [0.4, 0.5) is 17.6 Å². The molecule has 1 saturated carbocycles. The van der Waals surface area contributed by atoms with E-state index in [2.05, 4.69) is 10.2 Å². The van der Waals surface area contributed by atoms with Gasteiger partial charge in [-0.05, 0) is 56.5 Å². The number of benzene rings is 2. The molecule has 1 amide bonds. The average Bonchev–Trinajstić information content (AvgIpc) is 3.65. The molecule has 2 N–H and O–H groups in total. The Labute approximate surface area is 222 Å². The molecule has 1 aliphatic heterocycles. The van der Waals surface area contributed by atoms with Crippen LogP contribution in [0.2, 0.25) is 0 Å². The van der Waals surface area contributed by atoms with Crippen molar-refractivity contribution < 1.29 is 36.7 Å². The van der Waals surface area contributed by atoms with Gasteiger partial charge in [0.2, 0.25) is 0 Å². The minimum absolute atomic E-state index is 0.102. The SMILES string of the molecule is CC(C)(F)CC(N[C@@H](c1ccc2c(c1)oc1ccc(C(=O)N3CCN(C4CC4)CC3)cc12)C(F)(F)F)C(=O)O. The number of alkyl halides is 4. The summed E-state index contributed by atoms with van der Waals surface area (Å²) in [4.78, 5) is 29.0. The van der Waals surface area contributed by atoms with Crippen molar-refractivity contribution >= 4 is 33.8 Å². The van der Waals surface area contributed by atoms with E-state index in [1.807, 2.05) is 4.90 Å². The van der Waals surface area contributed by atoms with E-state index in [1.165, 1.54) is 31.0 Å². The second kappa shape index (κ2) is 10.1. The van der Waals surface area contributed by atoms with E-state index in [-0.39, 0.29) is 17.1 Å². The van der Waals surface area contributed by atoms with Crippen molar-refractivity contribution in [2.24, 2.45) is 0 Å². The van der Waals surface area contributed by atoms with E-state index in [0.717, 1.165) is 26.9 Å². The largest absolute Gasteiger partial charge is 0.480 e. The van der Waals surface area contributed by atoms with Crippen LogP contribution in [-0.2, 0) is 4.79 Å². The molecule has 5 rings (SSSR count). The summed E-state index contributed by atoms with van der Waals surface area (Å²) in [6.45, 7) is 5.20. The molecule has 0 bridgehead atoms. The number of piperazine rings is 1. The van der Waals surface area contributed by atoms with Gasteiger partial charge in [0, 0.05) is 55.0 Å². The van der Waals surface area contributed by atoms with Crippen LogP contribution in [0.25, 0.3) is 21.9 Å². The molecular formula is C28H31F4N3O4. The molecule has 39 heavy (non-hydrogen) atoms. The summed E-state index contributed by atoms with van der Waals surface area (Å²) in [7, 11) is 0. The lowest BCUT2D eigenvalue weighted by molar-refractivity contribution is -0.164. The lowest BCUT2D eigenvalue weighted by atomic mass is 9.97.